The zero-order valence-electron chi connectivity index (χ0n) is 11.5. The molecule has 18 heavy (non-hydrogen) atoms. The van der Waals surface area contributed by atoms with E-state index < -0.39 is 5.54 Å². The molecule has 1 aromatic rings. The third-order valence-corrected chi connectivity index (χ3v) is 3.95. The summed E-state index contributed by atoms with van der Waals surface area (Å²) in [5.74, 6) is 0.108. The van der Waals surface area contributed by atoms with E-state index in [4.69, 9.17) is 0 Å². The maximum atomic E-state index is 12.2. The first kappa shape index (κ1) is 15.2. The maximum Gasteiger partial charge on any atom is 0.242 e. The number of nitrogens with one attached hydrogen (secondary N) is 1. The van der Waals surface area contributed by atoms with Crippen molar-refractivity contribution in [2.24, 2.45) is 0 Å². The molecule has 0 atom stereocenters. The minimum atomic E-state index is -0.511. The topological polar surface area (TPSA) is 32.3 Å². The summed E-state index contributed by atoms with van der Waals surface area (Å²) < 4.78 is 1.10. The van der Waals surface area contributed by atoms with Crippen molar-refractivity contribution in [1.29, 1.82) is 0 Å². The van der Waals surface area contributed by atoms with Crippen molar-refractivity contribution in [3.05, 3.63) is 34.3 Å². The van der Waals surface area contributed by atoms with Gasteiger partial charge in [0, 0.05) is 18.1 Å². The van der Waals surface area contributed by atoms with Crippen molar-refractivity contribution < 1.29 is 4.79 Å². The summed E-state index contributed by atoms with van der Waals surface area (Å²) in [4.78, 5) is 13.9. The van der Waals surface area contributed by atoms with Crippen molar-refractivity contribution >= 4 is 21.8 Å². The molecule has 3 nitrogen and oxygen atoms in total. The fourth-order valence-electron chi connectivity index (χ4n) is 1.67. The maximum absolute atomic E-state index is 12.2. The van der Waals surface area contributed by atoms with E-state index in [1.165, 1.54) is 5.56 Å². The molecular weight excluding hydrogens is 292 g/mol. The number of hydrogen-bond donors (Lipinski definition) is 1. The average Bonchev–Trinajstić information content (AvgIpc) is 2.36. The summed E-state index contributed by atoms with van der Waals surface area (Å²) in [6.45, 7) is 4.50. The molecule has 0 aliphatic carbocycles. The van der Waals surface area contributed by atoms with E-state index >= 15 is 0 Å². The van der Waals surface area contributed by atoms with E-state index in [1.807, 2.05) is 39.1 Å². The Morgan fingerprint density at radius 2 is 2.00 bits per heavy atom. The van der Waals surface area contributed by atoms with E-state index in [9.17, 15) is 4.79 Å². The second-order valence-corrected chi connectivity index (χ2v) is 5.80. The van der Waals surface area contributed by atoms with Crippen LogP contribution >= 0.6 is 15.9 Å². The Hall–Kier alpha value is -0.870. The van der Waals surface area contributed by atoms with Gasteiger partial charge in [0.2, 0.25) is 5.91 Å². The van der Waals surface area contributed by atoms with Crippen LogP contribution in [0.15, 0.2) is 28.7 Å². The number of rotatable bonds is 5. The van der Waals surface area contributed by atoms with Crippen LogP contribution in [0.4, 0.5) is 0 Å². The molecule has 0 fully saturated rings. The molecule has 0 spiro atoms. The Bertz CT molecular complexity index is 418. The highest BCUT2D eigenvalue weighted by molar-refractivity contribution is 9.10. The van der Waals surface area contributed by atoms with Crippen LogP contribution in [0.25, 0.3) is 0 Å². The second kappa shape index (κ2) is 6.34. The minimum absolute atomic E-state index is 0.108. The molecule has 1 aromatic carbocycles. The third kappa shape index (κ3) is 3.82. The summed E-state index contributed by atoms with van der Waals surface area (Å²) in [6.07, 6.45) is 0.851. The van der Waals surface area contributed by atoms with Crippen molar-refractivity contribution in [2.45, 2.75) is 25.8 Å². The lowest BCUT2D eigenvalue weighted by molar-refractivity contribution is -0.135. The van der Waals surface area contributed by atoms with Crippen molar-refractivity contribution in [2.75, 3.05) is 20.6 Å². The summed E-state index contributed by atoms with van der Waals surface area (Å²) in [6, 6.07) is 8.10. The van der Waals surface area contributed by atoms with Crippen LogP contribution in [0.2, 0.25) is 0 Å². The Morgan fingerprint density at radius 1 is 1.39 bits per heavy atom. The summed E-state index contributed by atoms with van der Waals surface area (Å²) >= 11 is 3.52. The van der Waals surface area contributed by atoms with Gasteiger partial charge in [-0.3, -0.25) is 4.79 Å². The molecule has 0 heterocycles. The molecular formula is C14H21BrN2O. The van der Waals surface area contributed by atoms with Gasteiger partial charge in [-0.2, -0.15) is 0 Å². The first-order valence-electron chi connectivity index (χ1n) is 6.06. The van der Waals surface area contributed by atoms with Gasteiger partial charge in [-0.1, -0.05) is 34.1 Å². The van der Waals surface area contributed by atoms with Crippen LogP contribution in [0.5, 0.6) is 0 Å². The molecule has 1 N–H and O–H groups in total. The van der Waals surface area contributed by atoms with Gasteiger partial charge < -0.3 is 10.2 Å². The molecule has 0 radical (unpaired) electrons. The van der Waals surface area contributed by atoms with Gasteiger partial charge in [-0.15, -0.1) is 0 Å². The molecule has 100 valence electrons. The highest BCUT2D eigenvalue weighted by Crippen LogP contribution is 2.17. The first-order valence-corrected chi connectivity index (χ1v) is 6.85. The van der Waals surface area contributed by atoms with E-state index in [2.05, 4.69) is 27.3 Å². The largest absolute Gasteiger partial charge is 0.344 e. The number of nitrogens with zero attached hydrogens (tertiary/aromatic N) is 1. The standard InChI is InChI=1S/C14H21BrN2O/c1-14(2,16-3)13(18)17(4)10-9-11-7-5-6-8-12(11)15/h5-8,16H,9-10H2,1-4H3. The lowest BCUT2D eigenvalue weighted by Gasteiger charge is -2.29. The lowest BCUT2D eigenvalue weighted by atomic mass is 10.0. The number of hydrogen-bond acceptors (Lipinski definition) is 2. The fraction of sp³-hybridized carbons (Fsp3) is 0.500. The van der Waals surface area contributed by atoms with Crippen molar-refractivity contribution in [3.63, 3.8) is 0 Å². The highest BCUT2D eigenvalue weighted by Gasteiger charge is 2.28. The van der Waals surface area contributed by atoms with Crippen molar-refractivity contribution in [3.8, 4) is 0 Å². The van der Waals surface area contributed by atoms with Gasteiger partial charge in [0.25, 0.3) is 0 Å². The Kier molecular flexibility index (Phi) is 5.35. The number of carbonyl (C=O) groups excluding carboxylic acids is 1. The molecule has 1 amide bonds. The smallest absolute Gasteiger partial charge is 0.242 e. The van der Waals surface area contributed by atoms with Gasteiger partial charge in [-0.05, 0) is 38.9 Å². The van der Waals surface area contributed by atoms with Crippen LogP contribution in [0, 0.1) is 0 Å². The molecule has 1 rings (SSSR count). The molecule has 0 saturated heterocycles. The molecule has 0 aliphatic heterocycles. The number of amides is 1. The zero-order chi connectivity index (χ0) is 13.8. The quantitative estimate of drug-likeness (QED) is 0.905. The van der Waals surface area contributed by atoms with Crippen LogP contribution in [0.1, 0.15) is 19.4 Å². The van der Waals surface area contributed by atoms with E-state index in [0.29, 0.717) is 6.54 Å². The van der Waals surface area contributed by atoms with Crippen LogP contribution in [-0.2, 0) is 11.2 Å². The zero-order valence-corrected chi connectivity index (χ0v) is 13.0. The number of carbonyl (C=O) groups is 1. The average molecular weight is 313 g/mol. The number of halogens is 1. The fourth-order valence-corrected chi connectivity index (χ4v) is 2.16. The predicted molar refractivity (Wildman–Crippen MR) is 78.6 cm³/mol. The Morgan fingerprint density at radius 3 is 2.56 bits per heavy atom. The number of benzene rings is 1. The number of likely N-dealkylation sites (N-methyl/N-ethyl adjacent to an activating group) is 2. The van der Waals surface area contributed by atoms with E-state index in [1.54, 1.807) is 11.9 Å². The van der Waals surface area contributed by atoms with Crippen LogP contribution in [0.3, 0.4) is 0 Å². The van der Waals surface area contributed by atoms with Crippen LogP contribution in [-0.4, -0.2) is 37.0 Å². The van der Waals surface area contributed by atoms with E-state index in [-0.39, 0.29) is 5.91 Å². The molecule has 4 heteroatoms. The third-order valence-electron chi connectivity index (χ3n) is 3.18. The summed E-state index contributed by atoms with van der Waals surface area (Å²) in [5, 5.41) is 3.03. The van der Waals surface area contributed by atoms with E-state index in [0.717, 1.165) is 10.9 Å². The highest BCUT2D eigenvalue weighted by atomic mass is 79.9. The first-order chi connectivity index (χ1) is 8.38. The molecule has 0 saturated carbocycles. The molecule has 0 aliphatic rings. The van der Waals surface area contributed by atoms with Gasteiger partial charge in [0.15, 0.2) is 0 Å². The lowest BCUT2D eigenvalue weighted by Crippen LogP contribution is -2.52. The second-order valence-electron chi connectivity index (χ2n) is 4.94. The van der Waals surface area contributed by atoms with Gasteiger partial charge in [-0.25, -0.2) is 0 Å². The summed E-state index contributed by atoms with van der Waals surface area (Å²) in [5.41, 5.74) is 0.710. The molecule has 0 aromatic heterocycles. The monoisotopic (exact) mass is 312 g/mol. The predicted octanol–water partition coefficient (Wildman–Crippen LogP) is 2.45. The van der Waals surface area contributed by atoms with Gasteiger partial charge in [0.05, 0.1) is 5.54 Å². The molecule has 0 bridgehead atoms. The summed E-state index contributed by atoms with van der Waals surface area (Å²) in [7, 11) is 3.65. The van der Waals surface area contributed by atoms with Gasteiger partial charge >= 0.3 is 0 Å². The Labute approximate surface area is 118 Å². The van der Waals surface area contributed by atoms with Crippen LogP contribution < -0.4 is 5.32 Å². The SMILES string of the molecule is CNC(C)(C)C(=O)N(C)CCc1ccccc1Br. The Balaban J connectivity index is 2.59. The minimum Gasteiger partial charge on any atom is -0.344 e. The molecule has 0 unspecified atom stereocenters. The normalized spacial score (nSPS) is 11.4. The van der Waals surface area contributed by atoms with Gasteiger partial charge in [0.1, 0.15) is 0 Å². The van der Waals surface area contributed by atoms with Crippen molar-refractivity contribution in [1.82, 2.24) is 10.2 Å².